The van der Waals surface area contributed by atoms with Gasteiger partial charge in [-0.2, -0.15) is 0 Å². The van der Waals surface area contributed by atoms with Crippen molar-refractivity contribution < 1.29 is 4.74 Å². The van der Waals surface area contributed by atoms with E-state index in [1.165, 1.54) is 22.3 Å². The minimum absolute atomic E-state index is 0.101. The fraction of sp³-hybridized carbons (Fsp3) is 0.333. The molecular formula is C18H23NO. The standard InChI is InChI=1S/C18H23NO/c1-12-5-7-16(9-14(12)3)18(11-19)20-17-8-6-13(2)15(4)10-17/h5-10,18H,11,19H2,1-4H3. The molecule has 0 heterocycles. The lowest BCUT2D eigenvalue weighted by molar-refractivity contribution is 0.214. The van der Waals surface area contributed by atoms with E-state index in [0.717, 1.165) is 11.3 Å². The molecule has 2 rings (SSSR count). The Balaban J connectivity index is 2.23. The van der Waals surface area contributed by atoms with Crippen LogP contribution in [0.2, 0.25) is 0 Å². The molecule has 2 heteroatoms. The Labute approximate surface area is 121 Å². The van der Waals surface area contributed by atoms with Crippen LogP contribution in [0.25, 0.3) is 0 Å². The number of nitrogens with two attached hydrogens (primary N) is 1. The Hall–Kier alpha value is -1.80. The molecule has 0 saturated carbocycles. The van der Waals surface area contributed by atoms with E-state index in [1.807, 2.05) is 6.07 Å². The first-order chi connectivity index (χ1) is 9.51. The molecular weight excluding hydrogens is 246 g/mol. The summed E-state index contributed by atoms with van der Waals surface area (Å²) >= 11 is 0. The van der Waals surface area contributed by atoms with Gasteiger partial charge >= 0.3 is 0 Å². The quantitative estimate of drug-likeness (QED) is 0.910. The summed E-state index contributed by atoms with van der Waals surface area (Å²) < 4.78 is 6.06. The molecule has 0 radical (unpaired) electrons. The van der Waals surface area contributed by atoms with Crippen LogP contribution < -0.4 is 10.5 Å². The second-order valence-corrected chi connectivity index (χ2v) is 5.43. The third kappa shape index (κ3) is 3.20. The van der Waals surface area contributed by atoms with Crippen molar-refractivity contribution in [3.63, 3.8) is 0 Å². The first-order valence-electron chi connectivity index (χ1n) is 7.02. The molecule has 0 fully saturated rings. The first-order valence-corrected chi connectivity index (χ1v) is 7.02. The van der Waals surface area contributed by atoms with Crippen LogP contribution in [-0.4, -0.2) is 6.54 Å². The molecule has 2 nitrogen and oxygen atoms in total. The molecule has 0 aliphatic rings. The van der Waals surface area contributed by atoms with Crippen molar-refractivity contribution in [2.24, 2.45) is 5.73 Å². The van der Waals surface area contributed by atoms with Gasteiger partial charge in [-0.25, -0.2) is 0 Å². The Morgan fingerprint density at radius 1 is 0.850 bits per heavy atom. The molecule has 20 heavy (non-hydrogen) atoms. The van der Waals surface area contributed by atoms with Crippen LogP contribution in [0, 0.1) is 27.7 Å². The Morgan fingerprint density at radius 2 is 1.45 bits per heavy atom. The lowest BCUT2D eigenvalue weighted by Gasteiger charge is -2.19. The van der Waals surface area contributed by atoms with Crippen molar-refractivity contribution in [2.75, 3.05) is 6.54 Å². The highest BCUT2D eigenvalue weighted by molar-refractivity contribution is 5.36. The lowest BCUT2D eigenvalue weighted by atomic mass is 10.0. The van der Waals surface area contributed by atoms with Crippen LogP contribution in [0.3, 0.4) is 0 Å². The maximum absolute atomic E-state index is 6.06. The fourth-order valence-electron chi connectivity index (χ4n) is 2.17. The predicted octanol–water partition coefficient (Wildman–Crippen LogP) is 4.00. The van der Waals surface area contributed by atoms with Crippen LogP contribution in [-0.2, 0) is 0 Å². The van der Waals surface area contributed by atoms with Gasteiger partial charge < -0.3 is 10.5 Å². The van der Waals surface area contributed by atoms with Crippen molar-refractivity contribution in [1.29, 1.82) is 0 Å². The minimum atomic E-state index is -0.101. The Morgan fingerprint density at radius 3 is 2.00 bits per heavy atom. The summed E-state index contributed by atoms with van der Waals surface area (Å²) in [4.78, 5) is 0. The number of hydrogen-bond donors (Lipinski definition) is 1. The van der Waals surface area contributed by atoms with Gasteiger partial charge in [0, 0.05) is 6.54 Å². The van der Waals surface area contributed by atoms with Gasteiger partial charge in [0.1, 0.15) is 11.9 Å². The number of rotatable bonds is 4. The van der Waals surface area contributed by atoms with E-state index in [-0.39, 0.29) is 6.10 Å². The van der Waals surface area contributed by atoms with Gasteiger partial charge in [-0.1, -0.05) is 24.3 Å². The second-order valence-electron chi connectivity index (χ2n) is 5.43. The summed E-state index contributed by atoms with van der Waals surface area (Å²) in [5, 5.41) is 0. The molecule has 0 spiro atoms. The molecule has 1 atom stereocenters. The molecule has 0 amide bonds. The average molecular weight is 269 g/mol. The maximum atomic E-state index is 6.06. The summed E-state index contributed by atoms with van der Waals surface area (Å²) in [5.41, 5.74) is 12.1. The molecule has 0 aromatic heterocycles. The summed E-state index contributed by atoms with van der Waals surface area (Å²) in [7, 11) is 0. The largest absolute Gasteiger partial charge is 0.484 e. The predicted molar refractivity (Wildman–Crippen MR) is 84.3 cm³/mol. The fourth-order valence-corrected chi connectivity index (χ4v) is 2.17. The number of ether oxygens (including phenoxy) is 1. The first kappa shape index (κ1) is 14.6. The van der Waals surface area contributed by atoms with Crippen LogP contribution in [0.5, 0.6) is 5.75 Å². The summed E-state index contributed by atoms with van der Waals surface area (Å²) in [5.74, 6) is 0.877. The van der Waals surface area contributed by atoms with E-state index in [1.54, 1.807) is 0 Å². The van der Waals surface area contributed by atoms with Crippen LogP contribution >= 0.6 is 0 Å². The van der Waals surface area contributed by atoms with E-state index < -0.39 is 0 Å². The zero-order valence-electron chi connectivity index (χ0n) is 12.7. The van der Waals surface area contributed by atoms with Gasteiger partial charge in [0.15, 0.2) is 0 Å². The monoisotopic (exact) mass is 269 g/mol. The van der Waals surface area contributed by atoms with Crippen molar-refractivity contribution in [3.8, 4) is 5.75 Å². The van der Waals surface area contributed by atoms with Gasteiger partial charge in [0.25, 0.3) is 0 Å². The van der Waals surface area contributed by atoms with Gasteiger partial charge in [0.2, 0.25) is 0 Å². The topological polar surface area (TPSA) is 35.2 Å². The van der Waals surface area contributed by atoms with Crippen LogP contribution in [0.4, 0.5) is 0 Å². The SMILES string of the molecule is Cc1ccc(OC(CN)c2ccc(C)c(C)c2)cc1C. The summed E-state index contributed by atoms with van der Waals surface area (Å²) in [6.07, 6.45) is -0.101. The van der Waals surface area contributed by atoms with E-state index in [9.17, 15) is 0 Å². The summed E-state index contributed by atoms with van der Waals surface area (Å²) in [6, 6.07) is 12.5. The third-order valence-corrected chi connectivity index (χ3v) is 3.87. The number of benzene rings is 2. The highest BCUT2D eigenvalue weighted by Crippen LogP contribution is 2.24. The maximum Gasteiger partial charge on any atom is 0.136 e. The van der Waals surface area contributed by atoms with Crippen molar-refractivity contribution in [3.05, 3.63) is 64.2 Å². The number of aryl methyl sites for hydroxylation is 4. The van der Waals surface area contributed by atoms with Gasteiger partial charge in [-0.15, -0.1) is 0 Å². The van der Waals surface area contributed by atoms with Crippen molar-refractivity contribution >= 4 is 0 Å². The van der Waals surface area contributed by atoms with Crippen molar-refractivity contribution in [2.45, 2.75) is 33.8 Å². The van der Waals surface area contributed by atoms with Crippen LogP contribution in [0.15, 0.2) is 36.4 Å². The molecule has 0 aliphatic heterocycles. The van der Waals surface area contributed by atoms with Gasteiger partial charge in [-0.3, -0.25) is 0 Å². The Kier molecular flexibility index (Phi) is 4.46. The summed E-state index contributed by atoms with van der Waals surface area (Å²) in [6.45, 7) is 8.89. The molecule has 0 aliphatic carbocycles. The van der Waals surface area contributed by atoms with Crippen molar-refractivity contribution in [1.82, 2.24) is 0 Å². The molecule has 106 valence electrons. The van der Waals surface area contributed by atoms with E-state index in [2.05, 4.69) is 58.0 Å². The zero-order chi connectivity index (χ0) is 14.7. The normalized spacial score (nSPS) is 12.2. The number of hydrogen-bond acceptors (Lipinski definition) is 2. The van der Waals surface area contributed by atoms with Crippen LogP contribution in [0.1, 0.15) is 33.9 Å². The Bertz CT molecular complexity index is 604. The average Bonchev–Trinajstić information content (AvgIpc) is 2.43. The molecule has 0 bridgehead atoms. The van der Waals surface area contributed by atoms with E-state index >= 15 is 0 Å². The lowest BCUT2D eigenvalue weighted by Crippen LogP contribution is -2.18. The van der Waals surface area contributed by atoms with E-state index in [4.69, 9.17) is 10.5 Å². The molecule has 1 unspecified atom stereocenters. The highest BCUT2D eigenvalue weighted by atomic mass is 16.5. The second kappa shape index (κ2) is 6.10. The third-order valence-electron chi connectivity index (χ3n) is 3.87. The molecule has 0 saturated heterocycles. The molecule has 2 aromatic carbocycles. The zero-order valence-corrected chi connectivity index (χ0v) is 12.7. The van der Waals surface area contributed by atoms with Gasteiger partial charge in [0.05, 0.1) is 0 Å². The smallest absolute Gasteiger partial charge is 0.136 e. The van der Waals surface area contributed by atoms with E-state index in [0.29, 0.717) is 6.54 Å². The van der Waals surface area contributed by atoms with Gasteiger partial charge in [-0.05, 0) is 67.6 Å². The highest BCUT2D eigenvalue weighted by Gasteiger charge is 2.12. The molecule has 2 aromatic rings. The molecule has 2 N–H and O–H groups in total. The minimum Gasteiger partial charge on any atom is -0.484 e.